The number of hydrogen-bond donors (Lipinski definition) is 1. The molecule has 4 rings (SSSR count). The Balaban J connectivity index is 1.94. The summed E-state index contributed by atoms with van der Waals surface area (Å²) in [6, 6.07) is 15.2. The fourth-order valence-corrected chi connectivity index (χ4v) is 7.26. The van der Waals surface area contributed by atoms with E-state index in [4.69, 9.17) is 60.9 Å². The number of ether oxygens (including phenoxy) is 10. The lowest BCUT2D eigenvalue weighted by molar-refractivity contribution is -0.359. The fraction of sp³-hybridized carbons (Fsp3) is 0.500. The van der Waals surface area contributed by atoms with Gasteiger partial charge in [-0.1, -0.05) is 36.4 Å². The Morgan fingerprint density at radius 2 is 0.918 bits per heavy atom. The number of nitrogens with one attached hydrogen (secondary N) is 1. The average Bonchev–Trinajstić information content (AvgIpc) is 3.17. The molecule has 61 heavy (non-hydrogen) atoms. The molecule has 10 atom stereocenters. The van der Waals surface area contributed by atoms with Gasteiger partial charge in [0.15, 0.2) is 42.9 Å². The van der Waals surface area contributed by atoms with Gasteiger partial charge in [0.05, 0.1) is 0 Å². The second-order valence-electron chi connectivity index (χ2n) is 13.1. The van der Waals surface area contributed by atoms with Gasteiger partial charge in [-0.15, -0.1) is 0 Å². The van der Waals surface area contributed by atoms with Crippen molar-refractivity contribution in [1.82, 2.24) is 5.32 Å². The first-order valence-electron chi connectivity index (χ1n) is 18.5. The molecular weight excluding hydrogens is 837 g/mol. The highest BCUT2D eigenvalue weighted by Gasteiger charge is 2.59. The maximum Gasteiger partial charge on any atom is 0.590 e. The molecule has 2 saturated heterocycles. The van der Waals surface area contributed by atoms with E-state index in [2.05, 4.69) is 5.32 Å². The van der Waals surface area contributed by atoms with E-state index >= 15 is 0 Å². The quantitative estimate of drug-likeness (QED) is 0.136. The molecule has 2 aromatic carbocycles. The van der Waals surface area contributed by atoms with Gasteiger partial charge >= 0.3 is 49.7 Å². The zero-order chi connectivity index (χ0) is 44.9. The van der Waals surface area contributed by atoms with Crippen LogP contribution in [0.3, 0.4) is 0 Å². The predicted octanol–water partition coefficient (Wildman–Crippen LogP) is 2.68. The highest BCUT2D eigenvalue weighted by atomic mass is 31.2. The maximum atomic E-state index is 14.8. The van der Waals surface area contributed by atoms with Gasteiger partial charge in [-0.25, -0.2) is 13.9 Å². The summed E-state index contributed by atoms with van der Waals surface area (Å²) in [4.78, 5) is 87.2. The van der Waals surface area contributed by atoms with Crippen molar-refractivity contribution < 1.29 is 99.1 Å². The minimum absolute atomic E-state index is 0.0236. The molecule has 0 spiro atoms. The van der Waals surface area contributed by atoms with Crippen LogP contribution in [-0.4, -0.2) is 124 Å². The third-order valence-electron chi connectivity index (χ3n) is 8.18. The third kappa shape index (κ3) is 14.4. The normalized spacial score (nSPS) is 26.0. The molecule has 2 aromatic rings. The molecule has 2 aliphatic rings. The standard InChI is InChI=1S/C38H46NO21P/c1-20(40)48-18-28-30(50-22(3)42)32(52-24(5)44)34(57-38(46)39-7)36(54-28)56-35-33(53-25(6)45)31(51-23(4)43)29(19-49-21(2)41)55-37(35)60-61(47,58-26-14-10-8-11-15-26)59-27-16-12-9-13-17-27/h8-17,28-37H,18-19H2,1-7H3,(H,39,46)/t28-,29+,30-,31-,32+,33+,34+,35+,36-,37-/m1/s1. The zero-order valence-corrected chi connectivity index (χ0v) is 34.9. The summed E-state index contributed by atoms with van der Waals surface area (Å²) in [6.07, 6.45) is -19.3. The van der Waals surface area contributed by atoms with E-state index in [0.29, 0.717) is 0 Å². The van der Waals surface area contributed by atoms with Crippen LogP contribution in [0.2, 0.25) is 0 Å². The van der Waals surface area contributed by atoms with Crippen molar-refractivity contribution in [3.8, 4) is 11.5 Å². The number of rotatable bonds is 17. The van der Waals surface area contributed by atoms with Crippen molar-refractivity contribution in [2.75, 3.05) is 20.3 Å². The first kappa shape index (κ1) is 47.9. The highest BCUT2D eigenvalue weighted by molar-refractivity contribution is 7.49. The molecule has 1 N–H and O–H groups in total. The van der Waals surface area contributed by atoms with Gasteiger partial charge in [0.2, 0.25) is 6.29 Å². The van der Waals surface area contributed by atoms with Crippen LogP contribution in [0.1, 0.15) is 41.5 Å². The van der Waals surface area contributed by atoms with E-state index in [0.717, 1.165) is 41.5 Å². The van der Waals surface area contributed by atoms with Crippen LogP contribution in [0.4, 0.5) is 4.79 Å². The lowest BCUT2D eigenvalue weighted by atomic mass is 9.96. The first-order chi connectivity index (χ1) is 28.9. The topological polar surface area (TPSA) is 269 Å². The Hall–Kier alpha value is -5.80. The summed E-state index contributed by atoms with van der Waals surface area (Å²) in [5, 5.41) is 2.22. The molecule has 2 fully saturated rings. The van der Waals surface area contributed by atoms with E-state index in [1.54, 1.807) is 36.4 Å². The molecule has 23 heteroatoms. The Kier molecular flexibility index (Phi) is 17.4. The number of carbonyl (C=O) groups is 7. The van der Waals surface area contributed by atoms with Crippen molar-refractivity contribution in [2.24, 2.45) is 0 Å². The molecule has 334 valence electrons. The van der Waals surface area contributed by atoms with Crippen LogP contribution in [0.25, 0.3) is 0 Å². The van der Waals surface area contributed by atoms with Crippen molar-refractivity contribution in [3.05, 3.63) is 60.7 Å². The van der Waals surface area contributed by atoms with Gasteiger partial charge in [-0.2, -0.15) is 0 Å². The van der Waals surface area contributed by atoms with Crippen LogP contribution in [0.5, 0.6) is 11.5 Å². The lowest BCUT2D eigenvalue weighted by Crippen LogP contribution is -2.67. The summed E-state index contributed by atoms with van der Waals surface area (Å²) in [6.45, 7) is 4.81. The van der Waals surface area contributed by atoms with Gasteiger partial charge in [-0.3, -0.25) is 28.8 Å². The van der Waals surface area contributed by atoms with Crippen molar-refractivity contribution >= 4 is 49.7 Å². The smallest absolute Gasteiger partial charge is 0.463 e. The average molecular weight is 884 g/mol. The van der Waals surface area contributed by atoms with Crippen LogP contribution >= 0.6 is 7.82 Å². The number of amides is 1. The molecule has 0 radical (unpaired) electrons. The van der Waals surface area contributed by atoms with Crippen LogP contribution in [-0.2, 0) is 85.2 Å². The molecule has 0 unspecified atom stereocenters. The van der Waals surface area contributed by atoms with Gasteiger partial charge in [0.1, 0.15) is 36.9 Å². The molecule has 0 bridgehead atoms. The number of benzene rings is 2. The zero-order valence-electron chi connectivity index (χ0n) is 34.0. The largest absolute Gasteiger partial charge is 0.590 e. The molecule has 2 heterocycles. The van der Waals surface area contributed by atoms with Crippen molar-refractivity contribution in [1.29, 1.82) is 0 Å². The summed E-state index contributed by atoms with van der Waals surface area (Å²) in [7, 11) is -3.82. The Morgan fingerprint density at radius 3 is 1.31 bits per heavy atom. The molecule has 0 aromatic heterocycles. The van der Waals surface area contributed by atoms with Crippen LogP contribution in [0.15, 0.2) is 60.7 Å². The second-order valence-corrected chi connectivity index (χ2v) is 14.5. The number of para-hydroxylation sites is 2. The van der Waals surface area contributed by atoms with Crippen LogP contribution in [0, 0.1) is 0 Å². The van der Waals surface area contributed by atoms with Gasteiger partial charge in [0.25, 0.3) is 0 Å². The fourth-order valence-electron chi connectivity index (χ4n) is 5.95. The van der Waals surface area contributed by atoms with Gasteiger partial charge in [0, 0.05) is 48.6 Å². The summed E-state index contributed by atoms with van der Waals surface area (Å²) >= 11 is 0. The Labute approximate surface area is 349 Å². The monoisotopic (exact) mass is 883 g/mol. The summed E-state index contributed by atoms with van der Waals surface area (Å²) in [5.41, 5.74) is 0. The predicted molar refractivity (Wildman–Crippen MR) is 200 cm³/mol. The SMILES string of the molecule is CNC(=O)O[C@@H]1[C@@H](O[C@@H]2[C@@H](OP(=O)(Oc3ccccc3)Oc3ccccc3)O[C@@H](COC(C)=O)[C@@H](OC(C)=O)[C@@H]2OC(C)=O)O[C@H](COC(C)=O)[C@@H](OC(C)=O)[C@@H]1OC(C)=O. The van der Waals surface area contributed by atoms with Gasteiger partial charge in [-0.05, 0) is 24.3 Å². The third-order valence-corrected chi connectivity index (χ3v) is 9.52. The number of esters is 6. The molecule has 0 aliphatic carbocycles. The molecule has 22 nitrogen and oxygen atoms in total. The number of phosphoric ester groups is 1. The molecule has 1 amide bonds. The van der Waals surface area contributed by atoms with E-state index in [1.165, 1.54) is 31.3 Å². The maximum absolute atomic E-state index is 14.8. The Bertz CT molecular complexity index is 1850. The minimum atomic E-state index is -5.01. The van der Waals surface area contributed by atoms with Crippen molar-refractivity contribution in [3.63, 3.8) is 0 Å². The number of carbonyl (C=O) groups excluding carboxylic acids is 7. The number of phosphoric acid groups is 1. The first-order valence-corrected chi connectivity index (χ1v) is 19.9. The molecule has 2 aliphatic heterocycles. The number of alkyl carbamates (subject to hydrolysis) is 1. The lowest BCUT2D eigenvalue weighted by Gasteiger charge is -2.48. The minimum Gasteiger partial charge on any atom is -0.463 e. The molecular formula is C38H46NO21P. The summed E-state index contributed by atoms with van der Waals surface area (Å²) < 4.78 is 89.3. The summed E-state index contributed by atoms with van der Waals surface area (Å²) in [5.74, 6) is -5.51. The Morgan fingerprint density at radius 1 is 0.525 bits per heavy atom. The number of hydrogen-bond acceptors (Lipinski definition) is 21. The van der Waals surface area contributed by atoms with E-state index in [1.807, 2.05) is 0 Å². The van der Waals surface area contributed by atoms with E-state index in [9.17, 15) is 38.1 Å². The van der Waals surface area contributed by atoms with E-state index in [-0.39, 0.29) is 11.5 Å². The van der Waals surface area contributed by atoms with E-state index < -0.39 is 124 Å². The molecule has 0 saturated carbocycles. The van der Waals surface area contributed by atoms with Crippen LogP contribution < -0.4 is 14.4 Å². The van der Waals surface area contributed by atoms with Gasteiger partial charge < -0.3 is 61.7 Å². The second kappa shape index (κ2) is 22.2. The van der Waals surface area contributed by atoms with Crippen molar-refractivity contribution in [2.45, 2.75) is 103 Å². The highest BCUT2D eigenvalue weighted by Crippen LogP contribution is 2.52.